The highest BCUT2D eigenvalue weighted by Crippen LogP contribution is 2.29. The normalized spacial score (nSPS) is 10.7. The zero-order valence-corrected chi connectivity index (χ0v) is 7.09. The van der Waals surface area contributed by atoms with Gasteiger partial charge < -0.3 is 10.8 Å². The summed E-state index contributed by atoms with van der Waals surface area (Å²) in [5, 5.41) is 9.13. The third-order valence-corrected chi connectivity index (χ3v) is 2.01. The number of rotatable bonds is 0. The molecule has 0 aromatic heterocycles. The van der Waals surface area contributed by atoms with Gasteiger partial charge in [0, 0.05) is 5.69 Å². The Kier molecular flexibility index (Phi) is 1.77. The molecule has 14 heavy (non-hydrogen) atoms. The molecule has 0 aliphatic rings. The Morgan fingerprint density at radius 2 is 1.86 bits per heavy atom. The van der Waals surface area contributed by atoms with E-state index in [1.54, 1.807) is 0 Å². The Morgan fingerprint density at radius 1 is 1.14 bits per heavy atom. The second kappa shape index (κ2) is 2.83. The van der Waals surface area contributed by atoms with Crippen molar-refractivity contribution in [3.63, 3.8) is 0 Å². The molecule has 0 heterocycles. The van der Waals surface area contributed by atoms with E-state index >= 15 is 0 Å². The summed E-state index contributed by atoms with van der Waals surface area (Å²) >= 11 is 0. The standard InChI is InChI=1S/C10H7F2NO/c11-7-4-6(13)3-5-1-2-8(14)10(12)9(5)7/h1-4,14H,13H2. The van der Waals surface area contributed by atoms with E-state index in [9.17, 15) is 8.78 Å². The molecule has 2 aromatic rings. The van der Waals surface area contributed by atoms with Crippen molar-refractivity contribution in [2.45, 2.75) is 0 Å². The molecule has 72 valence electrons. The Labute approximate surface area is 78.6 Å². The molecule has 0 spiro atoms. The van der Waals surface area contributed by atoms with Crippen molar-refractivity contribution < 1.29 is 13.9 Å². The Balaban J connectivity index is 2.95. The molecule has 0 radical (unpaired) electrons. The number of fused-ring (bicyclic) bond motifs is 1. The molecule has 2 nitrogen and oxygen atoms in total. The number of nitrogens with two attached hydrogens (primary N) is 1. The number of hydrogen-bond donors (Lipinski definition) is 2. The van der Waals surface area contributed by atoms with Gasteiger partial charge in [0.25, 0.3) is 0 Å². The quantitative estimate of drug-likeness (QED) is 0.634. The Bertz CT molecular complexity index is 511. The number of aromatic hydroxyl groups is 1. The number of halogens is 2. The first-order valence-corrected chi connectivity index (χ1v) is 3.96. The highest BCUT2D eigenvalue weighted by atomic mass is 19.1. The van der Waals surface area contributed by atoms with Crippen LogP contribution in [0.2, 0.25) is 0 Å². The summed E-state index contributed by atoms with van der Waals surface area (Å²) in [5.41, 5.74) is 5.61. The number of nitrogen functional groups attached to an aromatic ring is 1. The van der Waals surface area contributed by atoms with Gasteiger partial charge in [0.05, 0.1) is 5.39 Å². The maximum absolute atomic E-state index is 13.3. The average molecular weight is 195 g/mol. The van der Waals surface area contributed by atoms with Crippen LogP contribution in [0, 0.1) is 11.6 Å². The number of phenolic OH excluding ortho intramolecular Hbond substituents is 1. The summed E-state index contributed by atoms with van der Waals surface area (Å²) in [6, 6.07) is 5.04. The van der Waals surface area contributed by atoms with Gasteiger partial charge in [-0.2, -0.15) is 0 Å². The van der Waals surface area contributed by atoms with Crippen molar-refractivity contribution in [3.8, 4) is 5.75 Å². The molecule has 0 atom stereocenters. The number of hydrogen-bond acceptors (Lipinski definition) is 2. The monoisotopic (exact) mass is 195 g/mol. The van der Waals surface area contributed by atoms with Crippen LogP contribution in [0.3, 0.4) is 0 Å². The fraction of sp³-hybridized carbons (Fsp3) is 0. The van der Waals surface area contributed by atoms with Crippen LogP contribution in [0.25, 0.3) is 10.8 Å². The molecule has 0 unspecified atom stereocenters. The molecule has 2 aromatic carbocycles. The molecule has 0 aliphatic heterocycles. The van der Waals surface area contributed by atoms with E-state index in [1.165, 1.54) is 12.1 Å². The number of benzene rings is 2. The van der Waals surface area contributed by atoms with Gasteiger partial charge in [-0.1, -0.05) is 6.07 Å². The van der Waals surface area contributed by atoms with Gasteiger partial charge in [-0.05, 0) is 23.6 Å². The Hall–Kier alpha value is -1.84. The fourth-order valence-electron chi connectivity index (χ4n) is 1.38. The van der Waals surface area contributed by atoms with Crippen molar-refractivity contribution in [2.75, 3.05) is 5.73 Å². The number of anilines is 1. The van der Waals surface area contributed by atoms with E-state index in [-0.39, 0.29) is 11.1 Å². The molecule has 0 aliphatic carbocycles. The lowest BCUT2D eigenvalue weighted by Crippen LogP contribution is -1.90. The van der Waals surface area contributed by atoms with Gasteiger partial charge in [-0.15, -0.1) is 0 Å². The van der Waals surface area contributed by atoms with Crippen molar-refractivity contribution in [1.29, 1.82) is 0 Å². The summed E-state index contributed by atoms with van der Waals surface area (Å²) in [6.45, 7) is 0. The second-order valence-corrected chi connectivity index (χ2v) is 3.00. The molecule has 4 heteroatoms. The van der Waals surface area contributed by atoms with Crippen LogP contribution >= 0.6 is 0 Å². The minimum Gasteiger partial charge on any atom is -0.505 e. The first-order chi connectivity index (χ1) is 6.59. The first kappa shape index (κ1) is 8.74. The molecule has 0 saturated carbocycles. The number of phenols is 1. The van der Waals surface area contributed by atoms with Gasteiger partial charge in [-0.25, -0.2) is 8.78 Å². The van der Waals surface area contributed by atoms with Gasteiger partial charge >= 0.3 is 0 Å². The van der Waals surface area contributed by atoms with Gasteiger partial charge in [0.2, 0.25) is 0 Å². The van der Waals surface area contributed by atoms with E-state index < -0.39 is 17.4 Å². The molecule has 0 saturated heterocycles. The fourth-order valence-corrected chi connectivity index (χ4v) is 1.38. The average Bonchev–Trinajstić information content (AvgIpc) is 2.10. The smallest absolute Gasteiger partial charge is 0.175 e. The van der Waals surface area contributed by atoms with Crippen molar-refractivity contribution in [2.24, 2.45) is 0 Å². The first-order valence-electron chi connectivity index (χ1n) is 3.96. The highest BCUT2D eigenvalue weighted by Gasteiger charge is 2.11. The van der Waals surface area contributed by atoms with Crippen molar-refractivity contribution in [1.82, 2.24) is 0 Å². The third kappa shape index (κ3) is 1.16. The van der Waals surface area contributed by atoms with Crippen LogP contribution in [0.15, 0.2) is 24.3 Å². The molecule has 0 bridgehead atoms. The largest absolute Gasteiger partial charge is 0.505 e. The van der Waals surface area contributed by atoms with Crippen LogP contribution in [0.1, 0.15) is 0 Å². The zero-order chi connectivity index (χ0) is 10.3. The molecule has 2 rings (SSSR count). The molecule has 3 N–H and O–H groups in total. The SMILES string of the molecule is Nc1cc(F)c2c(F)c(O)ccc2c1. The molecular weight excluding hydrogens is 188 g/mol. The maximum Gasteiger partial charge on any atom is 0.175 e. The van der Waals surface area contributed by atoms with E-state index in [4.69, 9.17) is 10.8 Å². The summed E-state index contributed by atoms with van der Waals surface area (Å²) in [4.78, 5) is 0. The molecular formula is C10H7F2NO. The summed E-state index contributed by atoms with van der Waals surface area (Å²) in [6.07, 6.45) is 0. The minimum absolute atomic E-state index is 0.222. The Morgan fingerprint density at radius 3 is 2.57 bits per heavy atom. The lowest BCUT2D eigenvalue weighted by molar-refractivity contribution is 0.435. The lowest BCUT2D eigenvalue weighted by atomic mass is 10.1. The topological polar surface area (TPSA) is 46.2 Å². The molecule has 0 fully saturated rings. The van der Waals surface area contributed by atoms with Crippen LogP contribution in [-0.4, -0.2) is 5.11 Å². The summed E-state index contributed by atoms with van der Waals surface area (Å²) in [7, 11) is 0. The van der Waals surface area contributed by atoms with Crippen molar-refractivity contribution in [3.05, 3.63) is 35.9 Å². The predicted molar refractivity (Wildman–Crippen MR) is 49.9 cm³/mol. The summed E-state index contributed by atoms with van der Waals surface area (Å²) in [5.74, 6) is -2.30. The highest BCUT2D eigenvalue weighted by molar-refractivity contribution is 5.87. The molecule has 0 amide bonds. The van der Waals surface area contributed by atoms with E-state index in [1.807, 2.05) is 0 Å². The lowest BCUT2D eigenvalue weighted by Gasteiger charge is -2.04. The van der Waals surface area contributed by atoms with Gasteiger partial charge in [0.15, 0.2) is 11.6 Å². The minimum atomic E-state index is -0.958. The maximum atomic E-state index is 13.3. The van der Waals surface area contributed by atoms with Crippen molar-refractivity contribution >= 4 is 16.5 Å². The predicted octanol–water partition coefficient (Wildman–Crippen LogP) is 2.41. The second-order valence-electron chi connectivity index (χ2n) is 3.00. The van der Waals surface area contributed by atoms with E-state index in [0.29, 0.717) is 5.39 Å². The zero-order valence-electron chi connectivity index (χ0n) is 7.09. The van der Waals surface area contributed by atoms with Crippen LogP contribution < -0.4 is 5.73 Å². The van der Waals surface area contributed by atoms with Gasteiger partial charge in [0.1, 0.15) is 5.82 Å². The van der Waals surface area contributed by atoms with Crippen LogP contribution in [0.5, 0.6) is 5.75 Å². The van der Waals surface area contributed by atoms with Crippen LogP contribution in [0.4, 0.5) is 14.5 Å². The van der Waals surface area contributed by atoms with E-state index in [2.05, 4.69) is 0 Å². The van der Waals surface area contributed by atoms with E-state index in [0.717, 1.165) is 12.1 Å². The van der Waals surface area contributed by atoms with Gasteiger partial charge in [-0.3, -0.25) is 0 Å². The van der Waals surface area contributed by atoms with Crippen LogP contribution in [-0.2, 0) is 0 Å². The summed E-state index contributed by atoms with van der Waals surface area (Å²) < 4.78 is 26.5. The third-order valence-electron chi connectivity index (χ3n) is 2.01.